The highest BCUT2D eigenvalue weighted by atomic mass is 32.2. The number of hydrogen-bond donors (Lipinski definition) is 0. The van der Waals surface area contributed by atoms with Crippen LogP contribution in [0.2, 0.25) is 0 Å². The molecule has 2 atom stereocenters. The smallest absolute Gasteiger partial charge is 0.236 e. The molecular weight excluding hydrogens is 479 g/mol. The summed E-state index contributed by atoms with van der Waals surface area (Å²) in [6.07, 6.45) is 12.1. The number of hydrogen-bond acceptors (Lipinski definition) is 5. The summed E-state index contributed by atoms with van der Waals surface area (Å²) in [5.74, 6) is -0.348. The van der Waals surface area contributed by atoms with Gasteiger partial charge in [-0.2, -0.15) is 9.57 Å². The lowest BCUT2D eigenvalue weighted by atomic mass is 10.0. The van der Waals surface area contributed by atoms with Crippen LogP contribution in [0.1, 0.15) is 51.5 Å². The Morgan fingerprint density at radius 2 is 1.81 bits per heavy atom. The van der Waals surface area contributed by atoms with Crippen LogP contribution in [0.15, 0.2) is 42.5 Å². The Morgan fingerprint density at radius 3 is 2.33 bits per heavy atom. The molecule has 1 aromatic rings. The summed E-state index contributed by atoms with van der Waals surface area (Å²) in [4.78, 5) is 15.5. The Kier molecular flexibility index (Phi) is 10.1. The van der Waals surface area contributed by atoms with Crippen LogP contribution in [0.4, 0.5) is 10.1 Å². The highest BCUT2D eigenvalue weighted by molar-refractivity contribution is 7.89. The van der Waals surface area contributed by atoms with Crippen molar-refractivity contribution in [2.24, 2.45) is 5.92 Å². The lowest BCUT2D eigenvalue weighted by Gasteiger charge is -2.36. The molecular formula is C27H37FN4O3S. The van der Waals surface area contributed by atoms with Gasteiger partial charge in [0.25, 0.3) is 0 Å². The number of nitriles is 1. The predicted molar refractivity (Wildman–Crippen MR) is 140 cm³/mol. The molecule has 0 bridgehead atoms. The van der Waals surface area contributed by atoms with Gasteiger partial charge in [-0.3, -0.25) is 4.79 Å². The van der Waals surface area contributed by atoms with Crippen molar-refractivity contribution in [1.29, 1.82) is 5.26 Å². The van der Waals surface area contributed by atoms with Crippen LogP contribution in [0.5, 0.6) is 0 Å². The first-order valence-corrected chi connectivity index (χ1v) is 14.2. The molecule has 2 fully saturated rings. The predicted octanol–water partition coefficient (Wildman–Crippen LogP) is 4.23. The zero-order chi connectivity index (χ0) is 26.1. The van der Waals surface area contributed by atoms with E-state index in [1.165, 1.54) is 23.2 Å². The van der Waals surface area contributed by atoms with E-state index in [4.69, 9.17) is 5.26 Å². The molecule has 7 nitrogen and oxygen atoms in total. The second-order valence-electron chi connectivity index (χ2n) is 9.62. The van der Waals surface area contributed by atoms with Crippen molar-refractivity contribution >= 4 is 21.6 Å². The number of piperazine rings is 1. The maximum atomic E-state index is 14.8. The van der Waals surface area contributed by atoms with Crippen molar-refractivity contribution in [3.63, 3.8) is 0 Å². The van der Waals surface area contributed by atoms with E-state index in [1.54, 1.807) is 11.0 Å². The molecule has 196 valence electrons. The average molecular weight is 517 g/mol. The maximum absolute atomic E-state index is 14.8. The van der Waals surface area contributed by atoms with Crippen LogP contribution in [0, 0.1) is 23.1 Å². The van der Waals surface area contributed by atoms with Gasteiger partial charge in [0.15, 0.2) is 0 Å². The molecule has 4 rings (SSSR count). The third kappa shape index (κ3) is 7.17. The number of carbonyl (C=O) groups is 1. The minimum absolute atomic E-state index is 0.0473. The fourth-order valence-electron chi connectivity index (χ4n) is 4.83. The largest absolute Gasteiger partial charge is 0.368 e. The van der Waals surface area contributed by atoms with Crippen molar-refractivity contribution in [2.75, 3.05) is 37.6 Å². The zero-order valence-corrected chi connectivity index (χ0v) is 22.1. The fraction of sp³-hybridized carbons (Fsp3) is 0.556. The summed E-state index contributed by atoms with van der Waals surface area (Å²) in [5, 5.41) is 8.26. The Hall–Kier alpha value is -2.70. The molecule has 36 heavy (non-hydrogen) atoms. The molecule has 2 heterocycles. The van der Waals surface area contributed by atoms with Crippen molar-refractivity contribution in [2.45, 2.75) is 57.7 Å². The summed E-state index contributed by atoms with van der Waals surface area (Å²) in [7, 11) is -3.42. The first-order valence-electron chi connectivity index (χ1n) is 12.7. The molecule has 0 N–H and O–H groups in total. The molecule has 0 radical (unpaired) electrons. The Labute approximate surface area is 214 Å². The molecule has 2 saturated heterocycles. The molecule has 3 aliphatic rings. The van der Waals surface area contributed by atoms with E-state index in [9.17, 15) is 17.6 Å². The van der Waals surface area contributed by atoms with Crippen molar-refractivity contribution in [1.82, 2.24) is 9.21 Å². The number of allylic oxidation sites excluding steroid dienone is 4. The molecule has 0 aromatic heterocycles. The zero-order valence-electron chi connectivity index (χ0n) is 21.3. The Morgan fingerprint density at radius 1 is 1.14 bits per heavy atom. The Bertz CT molecular complexity index is 1090. The maximum Gasteiger partial charge on any atom is 0.236 e. The van der Waals surface area contributed by atoms with Gasteiger partial charge in [0, 0.05) is 50.5 Å². The Balaban J connectivity index is 0.000000526. The number of anilines is 1. The molecule has 1 aromatic carbocycles. The van der Waals surface area contributed by atoms with E-state index in [0.29, 0.717) is 56.8 Å². The second-order valence-corrected chi connectivity index (χ2v) is 11.8. The van der Waals surface area contributed by atoms with Gasteiger partial charge >= 0.3 is 0 Å². The fourth-order valence-corrected chi connectivity index (χ4v) is 7.02. The van der Waals surface area contributed by atoms with E-state index in [-0.39, 0.29) is 24.8 Å². The number of benzene rings is 1. The van der Waals surface area contributed by atoms with Crippen LogP contribution in [0.25, 0.3) is 0 Å². The quantitative estimate of drug-likeness (QED) is 0.585. The van der Waals surface area contributed by atoms with Crippen molar-refractivity contribution in [3.8, 4) is 6.07 Å². The number of sulfonamides is 1. The van der Waals surface area contributed by atoms with Gasteiger partial charge in [0.1, 0.15) is 12.2 Å². The van der Waals surface area contributed by atoms with Gasteiger partial charge in [-0.1, -0.05) is 44.2 Å². The normalized spacial score (nSPS) is 23.5. The number of amides is 1. The molecule has 1 amide bonds. The summed E-state index contributed by atoms with van der Waals surface area (Å²) in [5.41, 5.74) is 1.08. The highest BCUT2D eigenvalue weighted by Crippen LogP contribution is 2.30. The van der Waals surface area contributed by atoms with Crippen molar-refractivity contribution in [3.05, 3.63) is 53.9 Å². The first kappa shape index (κ1) is 27.9. The topological polar surface area (TPSA) is 84.7 Å². The van der Waals surface area contributed by atoms with E-state index < -0.39 is 21.1 Å². The van der Waals surface area contributed by atoms with E-state index in [1.807, 2.05) is 30.9 Å². The van der Waals surface area contributed by atoms with Gasteiger partial charge in [-0.15, -0.1) is 0 Å². The van der Waals surface area contributed by atoms with E-state index in [2.05, 4.69) is 24.3 Å². The van der Waals surface area contributed by atoms with Crippen LogP contribution >= 0.6 is 0 Å². The molecule has 2 aliphatic heterocycles. The SMILES string of the molecule is C1=CCCC=C1.CCC1C[C@@H](C)CN(Cc2ccc(N3CCN(C(=O)CC#N)CC3)cc2F)S1(=O)=O. The summed E-state index contributed by atoms with van der Waals surface area (Å²) < 4.78 is 41.9. The lowest BCUT2D eigenvalue weighted by Crippen LogP contribution is -2.48. The lowest BCUT2D eigenvalue weighted by molar-refractivity contribution is -0.130. The molecule has 1 aliphatic carbocycles. The van der Waals surface area contributed by atoms with E-state index >= 15 is 0 Å². The van der Waals surface area contributed by atoms with Crippen molar-refractivity contribution < 1.29 is 17.6 Å². The van der Waals surface area contributed by atoms with Crippen LogP contribution in [-0.2, 0) is 21.4 Å². The third-order valence-electron chi connectivity index (χ3n) is 6.91. The van der Waals surface area contributed by atoms with Gasteiger partial charge in [-0.25, -0.2) is 12.8 Å². The van der Waals surface area contributed by atoms with Crippen LogP contribution in [-0.4, -0.2) is 61.5 Å². The monoisotopic (exact) mass is 516 g/mol. The number of carbonyl (C=O) groups excluding carboxylic acids is 1. The number of halogens is 1. The summed E-state index contributed by atoms with van der Waals surface area (Å²) >= 11 is 0. The number of rotatable bonds is 5. The van der Waals surface area contributed by atoms with Crippen LogP contribution in [0.3, 0.4) is 0 Å². The summed E-state index contributed by atoms with van der Waals surface area (Å²) in [6, 6.07) is 6.78. The van der Waals surface area contributed by atoms with E-state index in [0.717, 1.165) is 0 Å². The van der Waals surface area contributed by atoms with Crippen LogP contribution < -0.4 is 4.90 Å². The number of nitrogens with zero attached hydrogens (tertiary/aromatic N) is 4. The minimum Gasteiger partial charge on any atom is -0.368 e. The molecule has 0 saturated carbocycles. The minimum atomic E-state index is -3.42. The molecule has 1 unspecified atom stereocenters. The second kappa shape index (κ2) is 13.0. The standard InChI is InChI=1S/C21H29FN4O3S.C6H8/c1-3-19-12-16(2)14-26(30(19,28)29)15-17-4-5-18(13-20(17)22)24-8-10-25(11-9-24)21(27)6-7-23;1-2-4-6-5-3-1/h4-5,13,16,19H,3,6,8-12,14-15H2,1-2H3;1-4H,5-6H2/t16-,19?;/m1./s1. The molecule has 9 heteroatoms. The molecule has 0 spiro atoms. The average Bonchev–Trinajstić information content (AvgIpc) is 2.89. The van der Waals surface area contributed by atoms with Gasteiger partial charge in [0.2, 0.25) is 15.9 Å². The highest BCUT2D eigenvalue weighted by Gasteiger charge is 2.37. The first-order chi connectivity index (χ1) is 17.3. The third-order valence-corrected chi connectivity index (χ3v) is 9.28. The summed E-state index contributed by atoms with van der Waals surface area (Å²) in [6.45, 7) is 6.48. The van der Waals surface area contributed by atoms with Gasteiger partial charge in [-0.05, 0) is 43.7 Å². The van der Waals surface area contributed by atoms with Gasteiger partial charge in [0.05, 0.1) is 11.3 Å². The van der Waals surface area contributed by atoms with Gasteiger partial charge < -0.3 is 9.80 Å².